The SMILES string of the molecule is CCC(Nc1ncc(F)cc1F)c1nccs1. The predicted octanol–water partition coefficient (Wildman–Crippen LogP) is 3.38. The Balaban J connectivity index is 2.19. The van der Waals surface area contributed by atoms with Gasteiger partial charge in [0, 0.05) is 17.6 Å². The zero-order chi connectivity index (χ0) is 12.3. The van der Waals surface area contributed by atoms with Gasteiger partial charge in [-0.2, -0.15) is 0 Å². The first-order valence-corrected chi connectivity index (χ1v) is 6.05. The molecular weight excluding hydrogens is 244 g/mol. The van der Waals surface area contributed by atoms with Gasteiger partial charge in [0.2, 0.25) is 0 Å². The monoisotopic (exact) mass is 255 g/mol. The molecule has 0 spiro atoms. The van der Waals surface area contributed by atoms with Crippen molar-refractivity contribution in [2.75, 3.05) is 5.32 Å². The third kappa shape index (κ3) is 2.76. The zero-order valence-corrected chi connectivity index (χ0v) is 9.97. The summed E-state index contributed by atoms with van der Waals surface area (Å²) < 4.78 is 26.1. The Labute approximate surface area is 102 Å². The van der Waals surface area contributed by atoms with Crippen LogP contribution in [-0.4, -0.2) is 9.97 Å². The molecule has 1 N–H and O–H groups in total. The van der Waals surface area contributed by atoms with E-state index in [1.54, 1.807) is 6.20 Å². The number of thiazole rings is 1. The summed E-state index contributed by atoms with van der Waals surface area (Å²) in [7, 11) is 0. The Hall–Kier alpha value is -1.56. The smallest absolute Gasteiger partial charge is 0.168 e. The highest BCUT2D eigenvalue weighted by Gasteiger charge is 2.14. The zero-order valence-electron chi connectivity index (χ0n) is 9.15. The van der Waals surface area contributed by atoms with Crippen LogP contribution in [0.1, 0.15) is 24.4 Å². The number of nitrogens with one attached hydrogen (secondary N) is 1. The molecule has 0 radical (unpaired) electrons. The van der Waals surface area contributed by atoms with E-state index >= 15 is 0 Å². The van der Waals surface area contributed by atoms with E-state index in [0.29, 0.717) is 0 Å². The van der Waals surface area contributed by atoms with Crippen LogP contribution in [0.3, 0.4) is 0 Å². The molecule has 6 heteroatoms. The minimum absolute atomic E-state index is 0.0495. The lowest BCUT2D eigenvalue weighted by Crippen LogP contribution is -2.12. The fourth-order valence-electron chi connectivity index (χ4n) is 1.43. The summed E-state index contributed by atoms with van der Waals surface area (Å²) in [5.74, 6) is -1.33. The topological polar surface area (TPSA) is 37.8 Å². The van der Waals surface area contributed by atoms with Crippen LogP contribution >= 0.6 is 11.3 Å². The average Bonchev–Trinajstić information content (AvgIpc) is 2.81. The second-order valence-corrected chi connectivity index (χ2v) is 4.39. The van der Waals surface area contributed by atoms with E-state index in [0.717, 1.165) is 23.7 Å². The van der Waals surface area contributed by atoms with Crippen LogP contribution in [0.5, 0.6) is 0 Å². The van der Waals surface area contributed by atoms with Crippen molar-refractivity contribution in [2.24, 2.45) is 0 Å². The molecule has 2 aromatic heterocycles. The molecular formula is C11H11F2N3S. The quantitative estimate of drug-likeness (QED) is 0.910. The van der Waals surface area contributed by atoms with Crippen LogP contribution in [0.4, 0.5) is 14.6 Å². The van der Waals surface area contributed by atoms with Crippen molar-refractivity contribution >= 4 is 17.2 Å². The van der Waals surface area contributed by atoms with Crippen LogP contribution < -0.4 is 5.32 Å². The molecule has 0 aromatic carbocycles. The lowest BCUT2D eigenvalue weighted by Gasteiger charge is -2.15. The van der Waals surface area contributed by atoms with Gasteiger partial charge in [-0.25, -0.2) is 18.7 Å². The first-order valence-electron chi connectivity index (χ1n) is 5.17. The standard InChI is InChI=1S/C11H11F2N3S/c1-2-9(11-14-3-4-17-11)16-10-8(13)5-7(12)6-15-10/h3-6,9H,2H2,1H3,(H,15,16). The molecule has 0 aliphatic heterocycles. The summed E-state index contributed by atoms with van der Waals surface area (Å²) in [6, 6.07) is 0.701. The van der Waals surface area contributed by atoms with Gasteiger partial charge in [-0.1, -0.05) is 6.92 Å². The molecule has 0 aliphatic carbocycles. The predicted molar refractivity (Wildman–Crippen MR) is 62.9 cm³/mol. The van der Waals surface area contributed by atoms with Crippen LogP contribution in [0, 0.1) is 11.6 Å². The summed E-state index contributed by atoms with van der Waals surface area (Å²) >= 11 is 1.49. The molecule has 0 saturated carbocycles. The van der Waals surface area contributed by atoms with Crippen LogP contribution in [0.2, 0.25) is 0 Å². The van der Waals surface area contributed by atoms with Crippen LogP contribution in [0.15, 0.2) is 23.8 Å². The Bertz CT molecular complexity index is 487. The van der Waals surface area contributed by atoms with Crippen molar-refractivity contribution in [2.45, 2.75) is 19.4 Å². The van der Waals surface area contributed by atoms with E-state index < -0.39 is 11.6 Å². The average molecular weight is 255 g/mol. The van der Waals surface area contributed by atoms with Gasteiger partial charge in [0.1, 0.15) is 10.8 Å². The molecule has 1 unspecified atom stereocenters. The van der Waals surface area contributed by atoms with Crippen molar-refractivity contribution in [3.8, 4) is 0 Å². The Morgan fingerprint density at radius 1 is 1.41 bits per heavy atom. The Kier molecular flexibility index (Phi) is 3.63. The Morgan fingerprint density at radius 2 is 2.24 bits per heavy atom. The molecule has 0 aliphatic rings. The highest BCUT2D eigenvalue weighted by molar-refractivity contribution is 7.09. The molecule has 90 valence electrons. The second kappa shape index (κ2) is 5.18. The van der Waals surface area contributed by atoms with Gasteiger partial charge in [-0.15, -0.1) is 11.3 Å². The molecule has 2 heterocycles. The van der Waals surface area contributed by atoms with E-state index in [2.05, 4.69) is 15.3 Å². The number of aromatic nitrogens is 2. The highest BCUT2D eigenvalue weighted by Crippen LogP contribution is 2.24. The Morgan fingerprint density at radius 3 is 2.82 bits per heavy atom. The summed E-state index contributed by atoms with van der Waals surface area (Å²) in [4.78, 5) is 7.85. The molecule has 0 fully saturated rings. The van der Waals surface area contributed by atoms with Gasteiger partial charge >= 0.3 is 0 Å². The van der Waals surface area contributed by atoms with Gasteiger partial charge in [0.25, 0.3) is 0 Å². The van der Waals surface area contributed by atoms with E-state index in [4.69, 9.17) is 0 Å². The molecule has 0 amide bonds. The van der Waals surface area contributed by atoms with E-state index in [1.807, 2.05) is 12.3 Å². The molecule has 3 nitrogen and oxygen atoms in total. The maximum Gasteiger partial charge on any atom is 0.168 e. The molecule has 1 atom stereocenters. The number of halogens is 2. The third-order valence-electron chi connectivity index (χ3n) is 2.28. The number of hydrogen-bond donors (Lipinski definition) is 1. The molecule has 0 saturated heterocycles. The van der Waals surface area contributed by atoms with Crippen molar-refractivity contribution in [1.29, 1.82) is 0 Å². The third-order valence-corrected chi connectivity index (χ3v) is 3.17. The maximum atomic E-state index is 13.4. The number of anilines is 1. The van der Waals surface area contributed by atoms with Gasteiger partial charge < -0.3 is 5.32 Å². The minimum atomic E-state index is -0.694. The van der Waals surface area contributed by atoms with Crippen molar-refractivity contribution in [3.05, 3.63) is 40.5 Å². The largest absolute Gasteiger partial charge is 0.358 e. The van der Waals surface area contributed by atoms with Crippen LogP contribution in [-0.2, 0) is 0 Å². The van der Waals surface area contributed by atoms with Crippen LogP contribution in [0.25, 0.3) is 0 Å². The number of nitrogens with zero attached hydrogens (tertiary/aromatic N) is 2. The van der Waals surface area contributed by atoms with Crippen molar-refractivity contribution < 1.29 is 8.78 Å². The fraction of sp³-hybridized carbons (Fsp3) is 0.273. The first-order chi connectivity index (χ1) is 8.20. The highest BCUT2D eigenvalue weighted by atomic mass is 32.1. The minimum Gasteiger partial charge on any atom is -0.358 e. The van der Waals surface area contributed by atoms with E-state index in [-0.39, 0.29) is 11.9 Å². The van der Waals surface area contributed by atoms with Gasteiger partial charge in [0.05, 0.1) is 12.2 Å². The van der Waals surface area contributed by atoms with Crippen molar-refractivity contribution in [3.63, 3.8) is 0 Å². The van der Waals surface area contributed by atoms with E-state index in [9.17, 15) is 8.78 Å². The van der Waals surface area contributed by atoms with Crippen molar-refractivity contribution in [1.82, 2.24) is 9.97 Å². The van der Waals surface area contributed by atoms with E-state index in [1.165, 1.54) is 11.3 Å². The molecule has 2 rings (SSSR count). The number of hydrogen-bond acceptors (Lipinski definition) is 4. The molecule has 2 aromatic rings. The lowest BCUT2D eigenvalue weighted by molar-refractivity contribution is 0.572. The van der Waals surface area contributed by atoms with Gasteiger partial charge in [-0.3, -0.25) is 0 Å². The van der Waals surface area contributed by atoms with Gasteiger partial charge in [0.15, 0.2) is 11.6 Å². The number of pyridine rings is 1. The maximum absolute atomic E-state index is 13.4. The summed E-state index contributed by atoms with van der Waals surface area (Å²) in [5.41, 5.74) is 0. The molecule has 17 heavy (non-hydrogen) atoms. The first kappa shape index (κ1) is 11.9. The number of rotatable bonds is 4. The summed E-state index contributed by atoms with van der Waals surface area (Å²) in [6.45, 7) is 1.96. The summed E-state index contributed by atoms with van der Waals surface area (Å²) in [5, 5.41) is 5.64. The summed E-state index contributed by atoms with van der Waals surface area (Å²) in [6.07, 6.45) is 3.42. The van der Waals surface area contributed by atoms with Gasteiger partial charge in [-0.05, 0) is 6.42 Å². The lowest BCUT2D eigenvalue weighted by atomic mass is 10.2. The normalized spacial score (nSPS) is 12.4. The molecule has 0 bridgehead atoms. The second-order valence-electron chi connectivity index (χ2n) is 3.46. The fourth-order valence-corrected chi connectivity index (χ4v) is 2.20.